The minimum atomic E-state index is -0.599. The fourth-order valence-electron chi connectivity index (χ4n) is 2.95. The highest BCUT2D eigenvalue weighted by Gasteiger charge is 2.39. The first-order valence-corrected chi connectivity index (χ1v) is 7.76. The van der Waals surface area contributed by atoms with Crippen molar-refractivity contribution in [1.29, 1.82) is 0 Å². The van der Waals surface area contributed by atoms with Crippen molar-refractivity contribution in [3.8, 4) is 0 Å². The van der Waals surface area contributed by atoms with Crippen molar-refractivity contribution in [3.63, 3.8) is 0 Å². The maximum atomic E-state index is 11.6. The fourth-order valence-corrected chi connectivity index (χ4v) is 2.95. The van der Waals surface area contributed by atoms with E-state index in [9.17, 15) is 9.90 Å². The highest BCUT2D eigenvalue weighted by Crippen LogP contribution is 2.39. The second-order valence-corrected chi connectivity index (χ2v) is 5.81. The number of hydrogen-bond donors (Lipinski definition) is 1. The minimum Gasteiger partial charge on any atom is -0.481 e. The maximum absolute atomic E-state index is 11.6. The van der Waals surface area contributed by atoms with Gasteiger partial charge in [-0.05, 0) is 32.1 Å². The van der Waals surface area contributed by atoms with Crippen molar-refractivity contribution in [2.45, 2.75) is 85.5 Å². The molecule has 0 fully saturated rings. The molecule has 18 heavy (non-hydrogen) atoms. The zero-order valence-corrected chi connectivity index (χ0v) is 12.8. The third-order valence-electron chi connectivity index (χ3n) is 4.20. The summed E-state index contributed by atoms with van der Waals surface area (Å²) >= 11 is 0. The van der Waals surface area contributed by atoms with E-state index in [-0.39, 0.29) is 0 Å². The van der Waals surface area contributed by atoms with E-state index in [1.165, 1.54) is 25.7 Å². The van der Waals surface area contributed by atoms with Crippen LogP contribution >= 0.6 is 0 Å². The summed E-state index contributed by atoms with van der Waals surface area (Å²) in [6.45, 7) is 8.41. The van der Waals surface area contributed by atoms with E-state index in [2.05, 4.69) is 20.8 Å². The summed E-state index contributed by atoms with van der Waals surface area (Å²) in [6, 6.07) is 0. The van der Waals surface area contributed by atoms with E-state index in [0.717, 1.165) is 32.1 Å². The van der Waals surface area contributed by atoms with Gasteiger partial charge in [0.05, 0.1) is 5.41 Å². The van der Waals surface area contributed by atoms with Crippen molar-refractivity contribution in [2.75, 3.05) is 0 Å². The molecule has 108 valence electrons. The van der Waals surface area contributed by atoms with Gasteiger partial charge >= 0.3 is 5.97 Å². The second-order valence-electron chi connectivity index (χ2n) is 5.81. The van der Waals surface area contributed by atoms with Gasteiger partial charge in [-0.2, -0.15) is 0 Å². The van der Waals surface area contributed by atoms with Gasteiger partial charge in [-0.3, -0.25) is 4.79 Å². The molecule has 0 aliphatic heterocycles. The number of rotatable bonds is 11. The van der Waals surface area contributed by atoms with Gasteiger partial charge in [0, 0.05) is 0 Å². The lowest BCUT2D eigenvalue weighted by atomic mass is 9.70. The van der Waals surface area contributed by atoms with E-state index in [4.69, 9.17) is 0 Å². The Kier molecular flexibility index (Phi) is 9.13. The Hall–Kier alpha value is -0.530. The van der Waals surface area contributed by atoms with Crippen molar-refractivity contribution >= 4 is 5.97 Å². The molecule has 0 radical (unpaired) electrons. The molecule has 0 aromatic rings. The summed E-state index contributed by atoms with van der Waals surface area (Å²) in [7, 11) is 0. The fraction of sp³-hybridized carbons (Fsp3) is 0.938. The molecule has 2 unspecified atom stereocenters. The summed E-state index contributed by atoms with van der Waals surface area (Å²) < 4.78 is 0. The topological polar surface area (TPSA) is 37.3 Å². The van der Waals surface area contributed by atoms with Crippen LogP contribution < -0.4 is 0 Å². The van der Waals surface area contributed by atoms with Crippen LogP contribution in [0.5, 0.6) is 0 Å². The van der Waals surface area contributed by atoms with Gasteiger partial charge in [-0.25, -0.2) is 0 Å². The van der Waals surface area contributed by atoms with Crippen LogP contribution in [-0.4, -0.2) is 11.1 Å². The van der Waals surface area contributed by atoms with Crippen LogP contribution in [0.4, 0.5) is 0 Å². The van der Waals surface area contributed by atoms with Crippen LogP contribution in [0, 0.1) is 11.3 Å². The van der Waals surface area contributed by atoms with Gasteiger partial charge in [0.25, 0.3) is 0 Å². The lowest BCUT2D eigenvalue weighted by Crippen LogP contribution is -2.36. The Morgan fingerprint density at radius 2 is 1.67 bits per heavy atom. The normalized spacial score (nSPS) is 16.2. The highest BCUT2D eigenvalue weighted by atomic mass is 16.4. The molecule has 0 saturated carbocycles. The molecular formula is C16H32O2. The third-order valence-corrected chi connectivity index (χ3v) is 4.20. The van der Waals surface area contributed by atoms with Crippen LogP contribution in [0.25, 0.3) is 0 Å². The lowest BCUT2D eigenvalue weighted by molar-refractivity contribution is -0.152. The first kappa shape index (κ1) is 17.5. The highest BCUT2D eigenvalue weighted by molar-refractivity contribution is 5.74. The predicted octanol–water partition coefficient (Wildman–Crippen LogP) is 5.26. The summed E-state index contributed by atoms with van der Waals surface area (Å²) in [6.07, 6.45) is 9.93. The van der Waals surface area contributed by atoms with Gasteiger partial charge in [-0.1, -0.05) is 59.3 Å². The van der Waals surface area contributed by atoms with Crippen molar-refractivity contribution < 1.29 is 9.90 Å². The lowest BCUT2D eigenvalue weighted by Gasteiger charge is -2.34. The van der Waals surface area contributed by atoms with Crippen LogP contribution in [0.2, 0.25) is 0 Å². The second kappa shape index (κ2) is 9.41. The molecule has 0 saturated heterocycles. The summed E-state index contributed by atoms with van der Waals surface area (Å²) in [5, 5.41) is 9.56. The molecule has 0 aromatic carbocycles. The molecule has 2 nitrogen and oxygen atoms in total. The third kappa shape index (κ3) is 5.41. The number of unbranched alkanes of at least 4 members (excludes halogenated alkanes) is 3. The first-order valence-electron chi connectivity index (χ1n) is 7.76. The molecule has 2 heteroatoms. The summed E-state index contributed by atoms with van der Waals surface area (Å²) in [5.41, 5.74) is -0.517. The van der Waals surface area contributed by atoms with E-state index in [1.807, 2.05) is 6.92 Å². The molecule has 0 rings (SSSR count). The van der Waals surface area contributed by atoms with E-state index in [0.29, 0.717) is 5.92 Å². The monoisotopic (exact) mass is 256 g/mol. The molecule has 0 aromatic heterocycles. The summed E-state index contributed by atoms with van der Waals surface area (Å²) in [4.78, 5) is 11.6. The Morgan fingerprint density at radius 1 is 1.00 bits per heavy atom. The Balaban J connectivity index is 4.55. The molecule has 1 N–H and O–H groups in total. The molecule has 0 amide bonds. The Labute approximate surface area is 113 Å². The summed E-state index contributed by atoms with van der Waals surface area (Å²) in [5.74, 6) is -0.255. The number of carboxylic acids is 1. The number of hydrogen-bond acceptors (Lipinski definition) is 1. The molecule has 0 spiro atoms. The van der Waals surface area contributed by atoms with Gasteiger partial charge in [-0.15, -0.1) is 0 Å². The number of carboxylic acid groups (broad SMARTS) is 1. The Morgan fingerprint density at radius 3 is 2.11 bits per heavy atom. The van der Waals surface area contributed by atoms with Crippen molar-refractivity contribution in [1.82, 2.24) is 0 Å². The largest absolute Gasteiger partial charge is 0.481 e. The van der Waals surface area contributed by atoms with E-state index in [1.54, 1.807) is 0 Å². The molecule has 0 bridgehead atoms. The Bertz CT molecular complexity index is 225. The quantitative estimate of drug-likeness (QED) is 0.512. The zero-order valence-electron chi connectivity index (χ0n) is 12.8. The van der Waals surface area contributed by atoms with Gasteiger partial charge < -0.3 is 5.11 Å². The van der Waals surface area contributed by atoms with Gasteiger partial charge in [0.1, 0.15) is 0 Å². The smallest absolute Gasteiger partial charge is 0.309 e. The molecule has 2 atom stereocenters. The average molecular weight is 256 g/mol. The zero-order chi connectivity index (χ0) is 14.0. The predicted molar refractivity (Wildman–Crippen MR) is 77.8 cm³/mol. The van der Waals surface area contributed by atoms with Gasteiger partial charge in [0.15, 0.2) is 0 Å². The van der Waals surface area contributed by atoms with Crippen LogP contribution in [-0.2, 0) is 4.79 Å². The van der Waals surface area contributed by atoms with Gasteiger partial charge in [0.2, 0.25) is 0 Å². The average Bonchev–Trinajstić information content (AvgIpc) is 2.33. The van der Waals surface area contributed by atoms with E-state index >= 15 is 0 Å². The number of carbonyl (C=O) groups is 1. The minimum absolute atomic E-state index is 0.344. The van der Waals surface area contributed by atoms with Crippen molar-refractivity contribution in [2.24, 2.45) is 11.3 Å². The van der Waals surface area contributed by atoms with Crippen LogP contribution in [0.3, 0.4) is 0 Å². The van der Waals surface area contributed by atoms with Crippen LogP contribution in [0.1, 0.15) is 85.5 Å². The SMILES string of the molecule is CCCCCCC(CCC)C(C)(CCC)C(=O)O. The molecule has 0 heterocycles. The molecular weight excluding hydrogens is 224 g/mol. The van der Waals surface area contributed by atoms with Crippen molar-refractivity contribution in [3.05, 3.63) is 0 Å². The van der Waals surface area contributed by atoms with E-state index < -0.39 is 11.4 Å². The molecule has 0 aliphatic carbocycles. The standard InChI is InChI=1S/C16H32O2/c1-5-8-9-10-12-14(11-6-2)16(4,13-7-3)15(17)18/h14H,5-13H2,1-4H3,(H,17,18). The number of aliphatic carboxylic acids is 1. The first-order chi connectivity index (χ1) is 8.52. The molecule has 0 aliphatic rings. The maximum Gasteiger partial charge on any atom is 0.309 e. The van der Waals surface area contributed by atoms with Crippen LogP contribution in [0.15, 0.2) is 0 Å².